The number of rotatable bonds is 5. The number of benzene rings is 1. The van der Waals surface area contributed by atoms with Gasteiger partial charge in [-0.2, -0.15) is 0 Å². The molecule has 0 amide bonds. The molecule has 164 valence electrons. The predicted molar refractivity (Wildman–Crippen MR) is 126 cm³/mol. The molecule has 0 saturated carbocycles. The molecule has 0 aliphatic carbocycles. The number of H-pyrrole nitrogens is 1. The molecule has 1 N–H and O–H groups in total. The van der Waals surface area contributed by atoms with Gasteiger partial charge in [-0.1, -0.05) is 18.2 Å². The van der Waals surface area contributed by atoms with E-state index >= 15 is 0 Å². The normalized spacial score (nSPS) is 15.6. The quantitative estimate of drug-likeness (QED) is 0.405. The molecule has 1 aliphatic heterocycles. The van der Waals surface area contributed by atoms with Crippen LogP contribution in [0.15, 0.2) is 65.3 Å². The highest BCUT2D eigenvalue weighted by Crippen LogP contribution is 2.27. The largest absolute Gasteiger partial charge is 0.335 e. The number of aryl methyl sites for hydroxylation is 1. The van der Waals surface area contributed by atoms with Crippen molar-refractivity contribution >= 4 is 28.3 Å². The summed E-state index contributed by atoms with van der Waals surface area (Å²) < 4.78 is 3.69. The maximum Gasteiger partial charge on any atom is 0.334 e. The molecule has 1 aliphatic rings. The van der Waals surface area contributed by atoms with E-state index in [4.69, 9.17) is 0 Å². The van der Waals surface area contributed by atoms with Crippen LogP contribution in [0.3, 0.4) is 0 Å². The zero-order valence-corrected chi connectivity index (χ0v) is 18.5. The van der Waals surface area contributed by atoms with Crippen LogP contribution in [0.1, 0.15) is 29.0 Å². The highest BCUT2D eigenvalue weighted by atomic mass is 32.1. The average Bonchev–Trinajstić information content (AvgIpc) is 3.57. The summed E-state index contributed by atoms with van der Waals surface area (Å²) >= 11 is 1.38. The number of Topliss-reactive ketones (excluding diaryl/α,β-unsaturated/α-hetero) is 1. The Morgan fingerprint density at radius 1 is 1.15 bits per heavy atom. The molecule has 1 atom stereocenters. The van der Waals surface area contributed by atoms with Gasteiger partial charge in [0.25, 0.3) is 0 Å². The first kappa shape index (κ1) is 19.8. The molecule has 1 aromatic carbocycles. The fraction of sp³-hybridized carbons (Fsp3) is 0.208. The van der Waals surface area contributed by atoms with E-state index in [1.807, 2.05) is 48.1 Å². The number of hydrogen-bond acceptors (Lipinski definition) is 6. The second-order valence-electron chi connectivity index (χ2n) is 8.28. The third-order valence-corrected chi connectivity index (χ3v) is 6.95. The zero-order valence-electron chi connectivity index (χ0n) is 17.6. The van der Waals surface area contributed by atoms with Crippen LogP contribution in [0, 0.1) is 5.92 Å². The standard InChI is InChI=1S/C24H20N6O2S/c31-20(10-15-4-7-29-8-5-25-21(29)11-15)17-3-1-2-16(12-17)18-13-19-22(27-14-18)28-23(32)30(19)24-26-6-9-33-24/h1-3,5-6,8-9,12-15H,4,7,10-11H2,(H,27,28,32). The number of thiazole rings is 1. The van der Waals surface area contributed by atoms with Gasteiger partial charge >= 0.3 is 5.69 Å². The molecular formula is C24H20N6O2S. The number of nitrogens with zero attached hydrogens (tertiary/aromatic N) is 5. The molecule has 5 aromatic rings. The van der Waals surface area contributed by atoms with Crippen LogP contribution in [0.5, 0.6) is 0 Å². The van der Waals surface area contributed by atoms with E-state index in [1.165, 1.54) is 15.9 Å². The third kappa shape index (κ3) is 3.60. The molecule has 0 radical (unpaired) electrons. The van der Waals surface area contributed by atoms with Crippen molar-refractivity contribution in [2.24, 2.45) is 5.92 Å². The molecule has 0 saturated heterocycles. The molecule has 1 unspecified atom stereocenters. The minimum Gasteiger partial charge on any atom is -0.335 e. The van der Waals surface area contributed by atoms with E-state index in [1.54, 1.807) is 12.4 Å². The number of fused-ring (bicyclic) bond motifs is 2. The van der Waals surface area contributed by atoms with Gasteiger partial charge in [0.05, 0.1) is 5.52 Å². The fourth-order valence-electron chi connectivity index (χ4n) is 4.50. The van der Waals surface area contributed by atoms with Crippen LogP contribution < -0.4 is 5.69 Å². The monoisotopic (exact) mass is 456 g/mol. The third-order valence-electron chi connectivity index (χ3n) is 6.19. The van der Waals surface area contributed by atoms with Crippen molar-refractivity contribution in [1.82, 2.24) is 29.1 Å². The maximum absolute atomic E-state index is 13.1. The number of hydrogen-bond donors (Lipinski definition) is 1. The Labute approximate surface area is 192 Å². The molecule has 0 bridgehead atoms. The topological polar surface area (TPSA) is 98.5 Å². The van der Waals surface area contributed by atoms with E-state index in [0.29, 0.717) is 34.2 Å². The molecule has 0 fully saturated rings. The van der Waals surface area contributed by atoms with Crippen molar-refractivity contribution in [2.75, 3.05) is 0 Å². The second-order valence-corrected chi connectivity index (χ2v) is 9.15. The van der Waals surface area contributed by atoms with E-state index in [-0.39, 0.29) is 11.5 Å². The smallest absolute Gasteiger partial charge is 0.334 e. The molecule has 33 heavy (non-hydrogen) atoms. The second kappa shape index (κ2) is 7.93. The number of nitrogens with one attached hydrogen (secondary N) is 1. The molecular weight excluding hydrogens is 436 g/mol. The van der Waals surface area contributed by atoms with Gasteiger partial charge in [0.1, 0.15) is 5.82 Å². The van der Waals surface area contributed by atoms with Crippen molar-refractivity contribution in [3.05, 3.63) is 82.4 Å². The highest BCUT2D eigenvalue weighted by Gasteiger charge is 2.22. The van der Waals surface area contributed by atoms with Gasteiger partial charge in [-0.15, -0.1) is 11.3 Å². The first-order chi connectivity index (χ1) is 16.2. The zero-order chi connectivity index (χ0) is 22.4. The summed E-state index contributed by atoms with van der Waals surface area (Å²) in [5, 5.41) is 2.41. The minimum atomic E-state index is -0.276. The van der Waals surface area contributed by atoms with Crippen molar-refractivity contribution in [2.45, 2.75) is 25.8 Å². The van der Waals surface area contributed by atoms with Crippen LogP contribution in [-0.4, -0.2) is 34.9 Å². The number of pyridine rings is 1. The van der Waals surface area contributed by atoms with Crippen molar-refractivity contribution in [3.63, 3.8) is 0 Å². The van der Waals surface area contributed by atoms with Gasteiger partial charge in [0, 0.05) is 60.7 Å². The van der Waals surface area contributed by atoms with E-state index < -0.39 is 0 Å². The number of aromatic nitrogens is 6. The van der Waals surface area contributed by atoms with Crippen molar-refractivity contribution < 1.29 is 4.79 Å². The van der Waals surface area contributed by atoms with Crippen LogP contribution in [0.2, 0.25) is 0 Å². The Hall–Kier alpha value is -3.85. The summed E-state index contributed by atoms with van der Waals surface area (Å²) in [6.45, 7) is 0.913. The van der Waals surface area contributed by atoms with Gasteiger partial charge in [0.2, 0.25) is 0 Å². The van der Waals surface area contributed by atoms with Gasteiger partial charge in [0.15, 0.2) is 16.6 Å². The number of ketones is 1. The van der Waals surface area contributed by atoms with Crippen molar-refractivity contribution in [1.29, 1.82) is 0 Å². The fourth-order valence-corrected chi connectivity index (χ4v) is 5.15. The molecule has 4 aromatic heterocycles. The lowest BCUT2D eigenvalue weighted by molar-refractivity contribution is 0.0953. The van der Waals surface area contributed by atoms with Gasteiger partial charge in [-0.25, -0.2) is 24.3 Å². The van der Waals surface area contributed by atoms with Crippen LogP contribution >= 0.6 is 11.3 Å². The SMILES string of the molecule is O=C(CC1CCn2ccnc2C1)c1cccc(-c2cnc3[nH]c(=O)n(-c4nccs4)c3c2)c1. The Kier molecular flexibility index (Phi) is 4.76. The lowest BCUT2D eigenvalue weighted by Gasteiger charge is -2.22. The van der Waals surface area contributed by atoms with Gasteiger partial charge in [-0.05, 0) is 30.0 Å². The maximum atomic E-state index is 13.1. The summed E-state index contributed by atoms with van der Waals surface area (Å²) in [4.78, 5) is 41.4. The van der Waals surface area contributed by atoms with Gasteiger partial charge < -0.3 is 4.57 Å². The van der Waals surface area contributed by atoms with Crippen LogP contribution in [-0.2, 0) is 13.0 Å². The lowest BCUT2D eigenvalue weighted by Crippen LogP contribution is -2.21. The summed E-state index contributed by atoms with van der Waals surface area (Å²) in [5.41, 5.74) is 3.29. The van der Waals surface area contributed by atoms with E-state index in [0.717, 1.165) is 36.3 Å². The Morgan fingerprint density at radius 3 is 2.97 bits per heavy atom. The van der Waals surface area contributed by atoms with Gasteiger partial charge in [-0.3, -0.25) is 9.78 Å². The number of aromatic amines is 1. The lowest BCUT2D eigenvalue weighted by atomic mass is 9.90. The Morgan fingerprint density at radius 2 is 2.09 bits per heavy atom. The van der Waals surface area contributed by atoms with E-state index in [2.05, 4.69) is 24.5 Å². The number of carbonyl (C=O) groups excluding carboxylic acids is 1. The average molecular weight is 457 g/mol. The minimum absolute atomic E-state index is 0.136. The summed E-state index contributed by atoms with van der Waals surface area (Å²) in [7, 11) is 0. The summed E-state index contributed by atoms with van der Waals surface area (Å²) in [5.74, 6) is 1.50. The summed E-state index contributed by atoms with van der Waals surface area (Å²) in [6.07, 6.45) is 9.53. The number of carbonyl (C=O) groups is 1. The first-order valence-corrected chi connectivity index (χ1v) is 11.7. The Bertz CT molecular complexity index is 1530. The highest BCUT2D eigenvalue weighted by molar-refractivity contribution is 7.12. The molecule has 6 rings (SSSR count). The Balaban J connectivity index is 1.29. The molecule has 9 heteroatoms. The molecule has 5 heterocycles. The predicted octanol–water partition coefficient (Wildman–Crippen LogP) is 3.87. The first-order valence-electron chi connectivity index (χ1n) is 10.8. The van der Waals surface area contributed by atoms with Crippen molar-refractivity contribution in [3.8, 4) is 16.3 Å². The summed E-state index contributed by atoms with van der Waals surface area (Å²) in [6, 6.07) is 9.53. The molecule has 8 nitrogen and oxygen atoms in total. The van der Waals surface area contributed by atoms with E-state index in [9.17, 15) is 9.59 Å². The van der Waals surface area contributed by atoms with Crippen LogP contribution in [0.25, 0.3) is 27.4 Å². The molecule has 0 spiro atoms. The number of imidazole rings is 2. The van der Waals surface area contributed by atoms with Crippen LogP contribution in [0.4, 0.5) is 0 Å².